The molecule has 0 saturated carbocycles. The van der Waals surface area contributed by atoms with E-state index in [0.29, 0.717) is 33.4 Å². The third kappa shape index (κ3) is 6.52. The third-order valence-electron chi connectivity index (χ3n) is 5.94. The molecule has 4 aromatic rings. The fraction of sp³-hybridized carbons (Fsp3) is 0.107. The molecule has 0 radical (unpaired) electrons. The van der Waals surface area contributed by atoms with Crippen molar-refractivity contribution in [3.05, 3.63) is 99.0 Å². The van der Waals surface area contributed by atoms with Crippen LogP contribution in [0.4, 0.5) is 5.82 Å². The number of rotatable bonds is 6. The van der Waals surface area contributed by atoms with Gasteiger partial charge in [0.25, 0.3) is 5.91 Å². The van der Waals surface area contributed by atoms with Crippen molar-refractivity contribution in [3.63, 3.8) is 0 Å². The molecule has 0 aliphatic carbocycles. The Morgan fingerprint density at radius 3 is 2.41 bits per heavy atom. The topological polar surface area (TPSA) is 101 Å². The summed E-state index contributed by atoms with van der Waals surface area (Å²) in [6.45, 7) is 0.174. The molecule has 192 valence electrons. The van der Waals surface area contributed by atoms with Crippen molar-refractivity contribution < 1.29 is 53.7 Å². The van der Waals surface area contributed by atoms with E-state index < -0.39 is 11.9 Å². The summed E-state index contributed by atoms with van der Waals surface area (Å²) < 4.78 is 11.5. The number of nitrogens with one attached hydrogen (secondary N) is 1. The van der Waals surface area contributed by atoms with Gasteiger partial charge >= 0.3 is 29.6 Å². The Hall–Kier alpha value is -2.78. The van der Waals surface area contributed by atoms with E-state index in [0.717, 1.165) is 5.56 Å². The van der Waals surface area contributed by atoms with Gasteiger partial charge in [-0.1, -0.05) is 53.0 Å². The first-order chi connectivity index (χ1) is 18.3. The van der Waals surface area contributed by atoms with E-state index in [4.69, 9.17) is 44.3 Å². The van der Waals surface area contributed by atoms with E-state index >= 15 is 0 Å². The van der Waals surface area contributed by atoms with E-state index in [-0.39, 0.29) is 70.0 Å². The summed E-state index contributed by atoms with van der Waals surface area (Å²) in [7, 11) is 0. The largest absolute Gasteiger partial charge is 1.00 e. The number of halogens is 3. The number of nitrogens with zero attached hydrogens (tertiary/aromatic N) is 1. The molecule has 11 heteroatoms. The predicted molar refractivity (Wildman–Crippen MR) is 143 cm³/mol. The van der Waals surface area contributed by atoms with Gasteiger partial charge in [0.15, 0.2) is 5.75 Å². The SMILES string of the molecule is O=C(Nc1cccc(-c2ccc(Cl)cc2)n1)c1ccc(Oc2c(Cl)cc3c(c2Cl)OCCC3C(=O)[O-])cc1.[Na+]. The van der Waals surface area contributed by atoms with Gasteiger partial charge in [-0.3, -0.25) is 4.79 Å². The molecule has 39 heavy (non-hydrogen) atoms. The molecule has 7 nitrogen and oxygen atoms in total. The van der Waals surface area contributed by atoms with Crippen LogP contribution in [0.2, 0.25) is 15.1 Å². The minimum atomic E-state index is -1.23. The number of fused-ring (bicyclic) bond motifs is 1. The Kier molecular flexibility index (Phi) is 9.43. The van der Waals surface area contributed by atoms with Crippen molar-refractivity contribution in [1.82, 2.24) is 4.98 Å². The first-order valence-corrected chi connectivity index (χ1v) is 12.6. The molecule has 3 aromatic carbocycles. The third-order valence-corrected chi connectivity index (χ3v) is 6.82. The molecule has 0 fully saturated rings. The Balaban J connectivity index is 0.00000353. The fourth-order valence-corrected chi connectivity index (χ4v) is 4.78. The van der Waals surface area contributed by atoms with Crippen LogP contribution in [0.1, 0.15) is 28.3 Å². The van der Waals surface area contributed by atoms with Gasteiger partial charge in [0.2, 0.25) is 0 Å². The molecule has 1 N–H and O–H groups in total. The number of hydrogen-bond acceptors (Lipinski definition) is 6. The van der Waals surface area contributed by atoms with E-state index in [2.05, 4.69) is 10.3 Å². The normalized spacial score (nSPS) is 13.9. The molecule has 0 spiro atoms. The van der Waals surface area contributed by atoms with Crippen molar-refractivity contribution in [2.24, 2.45) is 0 Å². The summed E-state index contributed by atoms with van der Waals surface area (Å²) in [4.78, 5) is 28.8. The zero-order valence-electron chi connectivity index (χ0n) is 20.5. The average Bonchev–Trinajstić information content (AvgIpc) is 2.91. The summed E-state index contributed by atoms with van der Waals surface area (Å²) in [5.41, 5.74) is 2.28. The maximum Gasteiger partial charge on any atom is 1.00 e. The number of benzene rings is 3. The van der Waals surface area contributed by atoms with Crippen molar-refractivity contribution in [2.45, 2.75) is 12.3 Å². The molecule has 5 rings (SSSR count). The second-order valence-electron chi connectivity index (χ2n) is 8.42. The second-order valence-corrected chi connectivity index (χ2v) is 9.65. The molecule has 1 atom stereocenters. The Morgan fingerprint density at radius 2 is 1.72 bits per heavy atom. The van der Waals surface area contributed by atoms with Crippen LogP contribution in [0.5, 0.6) is 17.2 Å². The predicted octanol–water partition coefficient (Wildman–Crippen LogP) is 3.37. The fourth-order valence-electron chi connectivity index (χ4n) is 4.05. The summed E-state index contributed by atoms with van der Waals surface area (Å²) in [6, 6.07) is 20.4. The maximum atomic E-state index is 12.8. The standard InChI is InChI=1S/C28H19Cl3N2O5.Na/c29-17-8-4-15(5-9-17)22-2-1-3-23(32-22)33-27(34)16-6-10-18(11-7-16)38-26-21(30)14-20-19(28(35)36)12-13-37-25(20)24(26)31;/h1-11,14,19H,12-13H2,(H,35,36)(H,32,33,34);/q;+1/p-1. The molecule has 2 heterocycles. The number of ether oxygens (including phenoxy) is 2. The van der Waals surface area contributed by atoms with Gasteiger partial charge in [-0.25, -0.2) is 4.98 Å². The van der Waals surface area contributed by atoms with Gasteiger partial charge in [0.05, 0.1) is 17.3 Å². The van der Waals surface area contributed by atoms with Crippen molar-refractivity contribution in [3.8, 4) is 28.5 Å². The number of carbonyl (C=O) groups excluding carboxylic acids is 2. The van der Waals surface area contributed by atoms with Crippen LogP contribution < -0.4 is 49.5 Å². The minimum Gasteiger partial charge on any atom is -0.549 e. The smallest absolute Gasteiger partial charge is 0.549 e. The summed E-state index contributed by atoms with van der Waals surface area (Å²) >= 11 is 18.8. The molecule has 0 saturated heterocycles. The second kappa shape index (κ2) is 12.6. The molecular formula is C28H18Cl3N2NaO5. The van der Waals surface area contributed by atoms with Crippen LogP contribution >= 0.6 is 34.8 Å². The van der Waals surface area contributed by atoms with Gasteiger partial charge in [-0.05, 0) is 61.0 Å². The number of carbonyl (C=O) groups is 2. The quantitative estimate of drug-likeness (QED) is 0.345. The summed E-state index contributed by atoms with van der Waals surface area (Å²) in [5.74, 6) is -1.38. The molecule has 1 aromatic heterocycles. The van der Waals surface area contributed by atoms with Crippen LogP contribution in [-0.4, -0.2) is 23.5 Å². The van der Waals surface area contributed by atoms with E-state index in [9.17, 15) is 14.7 Å². The number of carboxylic acids is 1. The van der Waals surface area contributed by atoms with Crippen LogP contribution in [0.25, 0.3) is 11.3 Å². The van der Waals surface area contributed by atoms with Gasteiger partial charge < -0.3 is 24.7 Å². The number of carboxylic acid groups (broad SMARTS) is 1. The van der Waals surface area contributed by atoms with Crippen LogP contribution in [0, 0.1) is 0 Å². The van der Waals surface area contributed by atoms with Crippen molar-refractivity contribution in [2.75, 3.05) is 11.9 Å². The number of hydrogen-bond donors (Lipinski definition) is 1. The zero-order chi connectivity index (χ0) is 26.8. The number of aliphatic carboxylic acids is 1. The van der Waals surface area contributed by atoms with Crippen molar-refractivity contribution >= 4 is 52.5 Å². The van der Waals surface area contributed by atoms with Crippen LogP contribution in [0.3, 0.4) is 0 Å². The van der Waals surface area contributed by atoms with Gasteiger partial charge in [-0.15, -0.1) is 0 Å². The minimum absolute atomic E-state index is 0. The maximum absolute atomic E-state index is 12.8. The molecule has 1 aliphatic heterocycles. The molecule has 1 unspecified atom stereocenters. The summed E-state index contributed by atoms with van der Waals surface area (Å²) in [6.07, 6.45) is 0.257. The van der Waals surface area contributed by atoms with E-state index in [1.807, 2.05) is 18.2 Å². The Bertz CT molecular complexity index is 1530. The van der Waals surface area contributed by atoms with Gasteiger partial charge in [-0.2, -0.15) is 0 Å². The number of amides is 1. The first kappa shape index (κ1) is 29.2. The monoisotopic (exact) mass is 590 g/mol. The molecule has 0 bridgehead atoms. The van der Waals surface area contributed by atoms with Crippen molar-refractivity contribution in [1.29, 1.82) is 0 Å². The molecular weight excluding hydrogens is 574 g/mol. The van der Waals surface area contributed by atoms with E-state index in [1.165, 1.54) is 6.07 Å². The van der Waals surface area contributed by atoms with Gasteiger partial charge in [0, 0.05) is 33.6 Å². The molecule has 1 amide bonds. The number of pyridine rings is 1. The van der Waals surface area contributed by atoms with Crippen LogP contribution in [-0.2, 0) is 4.79 Å². The molecule has 1 aliphatic rings. The first-order valence-electron chi connectivity index (χ1n) is 11.5. The number of anilines is 1. The van der Waals surface area contributed by atoms with Crippen LogP contribution in [0.15, 0.2) is 72.8 Å². The van der Waals surface area contributed by atoms with E-state index in [1.54, 1.807) is 48.5 Å². The number of aromatic nitrogens is 1. The van der Waals surface area contributed by atoms with Gasteiger partial charge in [0.1, 0.15) is 22.3 Å². The average molecular weight is 592 g/mol. The Morgan fingerprint density at radius 1 is 1.00 bits per heavy atom. The zero-order valence-corrected chi connectivity index (χ0v) is 24.8. The Labute approximate surface area is 261 Å². The summed E-state index contributed by atoms with van der Waals surface area (Å²) in [5, 5.41) is 15.1.